The Morgan fingerprint density at radius 3 is 2.38 bits per heavy atom. The fourth-order valence-corrected chi connectivity index (χ4v) is 3.29. The van der Waals surface area contributed by atoms with Gasteiger partial charge < -0.3 is 16.0 Å². The molecule has 0 unspecified atom stereocenters. The van der Waals surface area contributed by atoms with Crippen molar-refractivity contribution >= 4 is 11.8 Å². The number of likely N-dealkylation sites (tertiary alicyclic amines) is 1. The van der Waals surface area contributed by atoms with Gasteiger partial charge in [-0.25, -0.2) is 0 Å². The highest BCUT2D eigenvalue weighted by atomic mass is 16.2. The van der Waals surface area contributed by atoms with Gasteiger partial charge in [0.25, 0.3) is 0 Å². The van der Waals surface area contributed by atoms with Gasteiger partial charge >= 0.3 is 0 Å². The van der Waals surface area contributed by atoms with Crippen molar-refractivity contribution < 1.29 is 9.59 Å². The zero-order chi connectivity index (χ0) is 19.1. The summed E-state index contributed by atoms with van der Waals surface area (Å²) in [4.78, 5) is 26.0. The number of amides is 2. The van der Waals surface area contributed by atoms with E-state index in [2.05, 4.69) is 36.5 Å². The van der Waals surface area contributed by atoms with Crippen molar-refractivity contribution in [1.29, 1.82) is 0 Å². The number of benzene rings is 1. The molecule has 144 valence electrons. The summed E-state index contributed by atoms with van der Waals surface area (Å²) in [5, 5.41) is 2.67. The lowest BCUT2D eigenvalue weighted by atomic mass is 9.90. The van der Waals surface area contributed by atoms with E-state index < -0.39 is 6.04 Å². The molecule has 1 aliphatic rings. The second-order valence-electron chi connectivity index (χ2n) is 7.84. The zero-order valence-electron chi connectivity index (χ0n) is 16.3. The lowest BCUT2D eigenvalue weighted by Crippen LogP contribution is -2.49. The predicted molar refractivity (Wildman–Crippen MR) is 105 cm³/mol. The van der Waals surface area contributed by atoms with Gasteiger partial charge in [0.15, 0.2) is 0 Å². The minimum Gasteiger partial charge on any atom is -0.346 e. The van der Waals surface area contributed by atoms with E-state index in [1.165, 1.54) is 17.5 Å². The lowest BCUT2D eigenvalue weighted by Gasteiger charge is -2.32. The Labute approximate surface area is 157 Å². The highest BCUT2D eigenvalue weighted by molar-refractivity contribution is 5.87. The predicted octanol–water partition coefficient (Wildman–Crippen LogP) is 2.27. The molecule has 5 nitrogen and oxygen atoms in total. The van der Waals surface area contributed by atoms with Crippen LogP contribution in [0.2, 0.25) is 0 Å². The number of hydrogen-bond donors (Lipinski definition) is 2. The Bertz CT molecular complexity index is 590. The van der Waals surface area contributed by atoms with E-state index in [1.807, 2.05) is 18.7 Å². The Balaban J connectivity index is 1.68. The number of nitrogens with one attached hydrogen (secondary N) is 1. The third-order valence-corrected chi connectivity index (χ3v) is 5.36. The molecule has 0 radical (unpaired) electrons. The summed E-state index contributed by atoms with van der Waals surface area (Å²) in [6, 6.07) is 8.18. The Morgan fingerprint density at radius 2 is 1.81 bits per heavy atom. The number of nitrogens with zero attached hydrogens (tertiary/aromatic N) is 1. The molecular formula is C21H33N3O2. The maximum Gasteiger partial charge on any atom is 0.241 e. The molecule has 1 aromatic rings. The second kappa shape index (κ2) is 9.72. The summed E-state index contributed by atoms with van der Waals surface area (Å²) in [6.45, 7) is 7.51. The first-order chi connectivity index (χ1) is 12.4. The normalized spacial score (nSPS) is 16.6. The third-order valence-electron chi connectivity index (χ3n) is 5.36. The fraction of sp³-hybridized carbons (Fsp3) is 0.619. The van der Waals surface area contributed by atoms with Crippen LogP contribution in [-0.2, 0) is 16.0 Å². The average Bonchev–Trinajstić information content (AvgIpc) is 2.65. The molecule has 1 atom stereocenters. The van der Waals surface area contributed by atoms with Crippen LogP contribution in [0.5, 0.6) is 0 Å². The van der Waals surface area contributed by atoms with Crippen LogP contribution in [0.3, 0.4) is 0 Å². The van der Waals surface area contributed by atoms with Crippen LogP contribution in [0.4, 0.5) is 0 Å². The summed E-state index contributed by atoms with van der Waals surface area (Å²) in [5.41, 5.74) is 8.48. The fourth-order valence-electron chi connectivity index (χ4n) is 3.29. The quantitative estimate of drug-likeness (QED) is 0.784. The molecule has 26 heavy (non-hydrogen) atoms. The first-order valence-corrected chi connectivity index (χ1v) is 9.73. The molecule has 0 saturated carbocycles. The molecule has 1 aliphatic heterocycles. The van der Waals surface area contributed by atoms with Gasteiger partial charge in [-0.2, -0.15) is 0 Å². The summed E-state index contributed by atoms with van der Waals surface area (Å²) in [6.07, 6.45) is 4.35. The molecular weight excluding hydrogens is 326 g/mol. The molecule has 5 heteroatoms. The van der Waals surface area contributed by atoms with Crippen molar-refractivity contribution in [2.24, 2.45) is 17.6 Å². The highest BCUT2D eigenvalue weighted by Gasteiger charge is 2.24. The molecule has 1 aromatic carbocycles. The van der Waals surface area contributed by atoms with Crippen LogP contribution in [0, 0.1) is 18.8 Å². The smallest absolute Gasteiger partial charge is 0.241 e. The van der Waals surface area contributed by atoms with E-state index in [1.54, 1.807) is 0 Å². The largest absolute Gasteiger partial charge is 0.346 e. The molecule has 0 spiro atoms. The first-order valence-electron chi connectivity index (χ1n) is 9.73. The highest BCUT2D eigenvalue weighted by Crippen LogP contribution is 2.22. The van der Waals surface area contributed by atoms with Crippen LogP contribution in [0.15, 0.2) is 24.3 Å². The first kappa shape index (κ1) is 20.4. The minimum atomic E-state index is -0.560. The van der Waals surface area contributed by atoms with Crippen LogP contribution < -0.4 is 11.1 Å². The molecule has 0 aromatic heterocycles. The number of rotatable bonds is 7. The van der Waals surface area contributed by atoms with Gasteiger partial charge in [0.2, 0.25) is 11.8 Å². The summed E-state index contributed by atoms with van der Waals surface area (Å²) >= 11 is 0. The van der Waals surface area contributed by atoms with E-state index in [4.69, 9.17) is 5.73 Å². The number of nitrogens with two attached hydrogens (primary N) is 1. The summed E-state index contributed by atoms with van der Waals surface area (Å²) < 4.78 is 0. The van der Waals surface area contributed by atoms with Gasteiger partial charge in [-0.1, -0.05) is 43.7 Å². The molecule has 0 bridgehead atoms. The van der Waals surface area contributed by atoms with Crippen LogP contribution >= 0.6 is 0 Å². The van der Waals surface area contributed by atoms with Crippen molar-refractivity contribution in [3.05, 3.63) is 35.4 Å². The van der Waals surface area contributed by atoms with Crippen molar-refractivity contribution in [3.8, 4) is 0 Å². The molecule has 1 fully saturated rings. The molecule has 2 amide bonds. The van der Waals surface area contributed by atoms with Crippen molar-refractivity contribution in [3.63, 3.8) is 0 Å². The Kier molecular flexibility index (Phi) is 7.64. The van der Waals surface area contributed by atoms with E-state index in [0.29, 0.717) is 5.92 Å². The van der Waals surface area contributed by atoms with Gasteiger partial charge in [-0.15, -0.1) is 0 Å². The van der Waals surface area contributed by atoms with Gasteiger partial charge in [0.1, 0.15) is 0 Å². The van der Waals surface area contributed by atoms with Gasteiger partial charge in [-0.05, 0) is 50.0 Å². The SMILES string of the molecule is Cc1ccc(CCC2CCN(C(=O)CNC(=O)[C@@H](N)C(C)C)CC2)cc1. The lowest BCUT2D eigenvalue weighted by molar-refractivity contribution is -0.134. The second-order valence-corrected chi connectivity index (χ2v) is 7.84. The molecule has 0 aliphatic carbocycles. The van der Waals surface area contributed by atoms with Gasteiger partial charge in [-0.3, -0.25) is 9.59 Å². The maximum absolute atomic E-state index is 12.3. The Morgan fingerprint density at radius 1 is 1.19 bits per heavy atom. The van der Waals surface area contributed by atoms with Crippen molar-refractivity contribution in [2.75, 3.05) is 19.6 Å². The van der Waals surface area contributed by atoms with Crippen molar-refractivity contribution in [1.82, 2.24) is 10.2 Å². The molecule has 1 saturated heterocycles. The van der Waals surface area contributed by atoms with Gasteiger partial charge in [0, 0.05) is 13.1 Å². The van der Waals surface area contributed by atoms with E-state index in [-0.39, 0.29) is 24.3 Å². The van der Waals surface area contributed by atoms with Gasteiger partial charge in [0.05, 0.1) is 12.6 Å². The maximum atomic E-state index is 12.3. The minimum absolute atomic E-state index is 0.00806. The Hall–Kier alpha value is -1.88. The monoisotopic (exact) mass is 359 g/mol. The van der Waals surface area contributed by atoms with Crippen molar-refractivity contribution in [2.45, 2.75) is 52.5 Å². The summed E-state index contributed by atoms with van der Waals surface area (Å²) in [7, 11) is 0. The van der Waals surface area contributed by atoms with Crippen LogP contribution in [0.1, 0.15) is 44.2 Å². The standard InChI is InChI=1S/C21H33N3O2/c1-15(2)20(22)21(26)23-14-19(25)24-12-10-18(11-13-24)9-8-17-6-4-16(3)5-7-17/h4-7,15,18,20H,8-14,22H2,1-3H3,(H,23,26)/t20-/m0/s1. The number of piperidine rings is 1. The average molecular weight is 360 g/mol. The number of hydrogen-bond acceptors (Lipinski definition) is 3. The molecule has 3 N–H and O–H groups in total. The molecule has 1 heterocycles. The number of carbonyl (C=O) groups is 2. The van der Waals surface area contributed by atoms with Crippen LogP contribution in [-0.4, -0.2) is 42.4 Å². The summed E-state index contributed by atoms with van der Waals surface area (Å²) in [5.74, 6) is 0.478. The van der Waals surface area contributed by atoms with E-state index >= 15 is 0 Å². The number of carbonyl (C=O) groups excluding carboxylic acids is 2. The zero-order valence-corrected chi connectivity index (χ0v) is 16.3. The topological polar surface area (TPSA) is 75.4 Å². The van der Waals surface area contributed by atoms with E-state index in [0.717, 1.165) is 32.4 Å². The third kappa shape index (κ3) is 6.13. The van der Waals surface area contributed by atoms with E-state index in [9.17, 15) is 9.59 Å². The molecule has 2 rings (SSSR count). The van der Waals surface area contributed by atoms with Crippen LogP contribution in [0.25, 0.3) is 0 Å². The number of aryl methyl sites for hydroxylation is 2.